The van der Waals surface area contributed by atoms with Crippen LogP contribution in [0.1, 0.15) is 12.8 Å². The van der Waals surface area contributed by atoms with Crippen molar-refractivity contribution < 1.29 is 9.59 Å². The largest absolute Gasteiger partial charge is 0.274 e. The maximum absolute atomic E-state index is 12.3. The molecular formula is C14H12ClNO2. The molecule has 0 unspecified atom stereocenters. The molecule has 92 valence electrons. The Morgan fingerprint density at radius 1 is 1.06 bits per heavy atom. The summed E-state index contributed by atoms with van der Waals surface area (Å²) in [6.45, 7) is 0. The van der Waals surface area contributed by atoms with Gasteiger partial charge in [0.05, 0.1) is 17.5 Å². The lowest BCUT2D eigenvalue weighted by atomic mass is 9.85. The van der Waals surface area contributed by atoms with E-state index in [1.54, 1.807) is 24.3 Å². The van der Waals surface area contributed by atoms with E-state index >= 15 is 0 Å². The van der Waals surface area contributed by atoms with E-state index in [0.717, 1.165) is 0 Å². The SMILES string of the molecule is O=C1[C@H]2CC=CC[C@@H]2C(=O)N1c1cccc(Cl)c1. The van der Waals surface area contributed by atoms with Crippen LogP contribution in [0.3, 0.4) is 0 Å². The normalized spacial score (nSPS) is 26.6. The maximum atomic E-state index is 12.3. The Morgan fingerprint density at radius 3 is 2.22 bits per heavy atom. The Hall–Kier alpha value is -1.61. The van der Waals surface area contributed by atoms with Crippen molar-refractivity contribution in [2.24, 2.45) is 11.8 Å². The molecule has 0 spiro atoms. The van der Waals surface area contributed by atoms with Crippen LogP contribution in [0.5, 0.6) is 0 Å². The summed E-state index contributed by atoms with van der Waals surface area (Å²) in [5.74, 6) is -0.587. The Bertz CT molecular complexity index is 526. The topological polar surface area (TPSA) is 37.4 Å². The number of rotatable bonds is 1. The van der Waals surface area contributed by atoms with Crippen molar-refractivity contribution in [1.29, 1.82) is 0 Å². The number of benzene rings is 1. The lowest BCUT2D eigenvalue weighted by molar-refractivity contribution is -0.122. The number of imide groups is 1. The average Bonchev–Trinajstić information content (AvgIpc) is 2.63. The Balaban J connectivity index is 1.99. The molecule has 18 heavy (non-hydrogen) atoms. The summed E-state index contributed by atoms with van der Waals surface area (Å²) < 4.78 is 0. The van der Waals surface area contributed by atoms with E-state index in [4.69, 9.17) is 11.6 Å². The first-order valence-corrected chi connectivity index (χ1v) is 6.34. The van der Waals surface area contributed by atoms with Crippen molar-refractivity contribution in [3.63, 3.8) is 0 Å². The van der Waals surface area contributed by atoms with Gasteiger partial charge >= 0.3 is 0 Å². The first kappa shape index (κ1) is 11.5. The van der Waals surface area contributed by atoms with Gasteiger partial charge in [-0.1, -0.05) is 29.8 Å². The van der Waals surface area contributed by atoms with E-state index in [-0.39, 0.29) is 23.7 Å². The number of allylic oxidation sites excluding steroid dienone is 2. The number of nitrogens with zero attached hydrogens (tertiary/aromatic N) is 1. The molecule has 1 saturated heterocycles. The molecule has 0 aromatic heterocycles. The maximum Gasteiger partial charge on any atom is 0.238 e. The van der Waals surface area contributed by atoms with Crippen molar-refractivity contribution in [1.82, 2.24) is 0 Å². The Kier molecular flexibility index (Phi) is 2.71. The second-order valence-electron chi connectivity index (χ2n) is 4.65. The quantitative estimate of drug-likeness (QED) is 0.576. The van der Waals surface area contributed by atoms with Gasteiger partial charge in [0.25, 0.3) is 0 Å². The minimum absolute atomic E-state index is 0.100. The smallest absolute Gasteiger partial charge is 0.238 e. The van der Waals surface area contributed by atoms with Crippen LogP contribution in [0.4, 0.5) is 5.69 Å². The fourth-order valence-electron chi connectivity index (χ4n) is 2.67. The Labute approximate surface area is 110 Å². The van der Waals surface area contributed by atoms with E-state index in [2.05, 4.69) is 0 Å². The van der Waals surface area contributed by atoms with Crippen LogP contribution >= 0.6 is 11.6 Å². The van der Waals surface area contributed by atoms with Crippen molar-refractivity contribution in [2.45, 2.75) is 12.8 Å². The van der Waals surface area contributed by atoms with E-state index in [1.807, 2.05) is 12.2 Å². The zero-order valence-electron chi connectivity index (χ0n) is 9.67. The summed E-state index contributed by atoms with van der Waals surface area (Å²) in [4.78, 5) is 25.9. The monoisotopic (exact) mass is 261 g/mol. The van der Waals surface area contributed by atoms with E-state index in [0.29, 0.717) is 23.6 Å². The standard InChI is InChI=1S/C14H12ClNO2/c15-9-4-3-5-10(8-9)16-13(17)11-6-1-2-7-12(11)14(16)18/h1-5,8,11-12H,6-7H2/t11-,12-/m0/s1. The first-order chi connectivity index (χ1) is 8.68. The second-order valence-corrected chi connectivity index (χ2v) is 5.08. The van der Waals surface area contributed by atoms with E-state index in [9.17, 15) is 9.59 Å². The number of hydrogen-bond acceptors (Lipinski definition) is 2. The van der Waals surface area contributed by atoms with Gasteiger partial charge in [-0.3, -0.25) is 9.59 Å². The third-order valence-electron chi connectivity index (χ3n) is 3.57. The van der Waals surface area contributed by atoms with Gasteiger partial charge in [-0.15, -0.1) is 0 Å². The molecule has 0 saturated carbocycles. The highest BCUT2D eigenvalue weighted by Crippen LogP contribution is 2.37. The molecule has 3 rings (SSSR count). The molecule has 1 fully saturated rings. The highest BCUT2D eigenvalue weighted by molar-refractivity contribution is 6.31. The van der Waals surface area contributed by atoms with E-state index < -0.39 is 0 Å². The molecule has 0 radical (unpaired) electrons. The fraction of sp³-hybridized carbons (Fsp3) is 0.286. The number of amides is 2. The summed E-state index contributed by atoms with van der Waals surface area (Å²) in [5.41, 5.74) is 0.576. The molecule has 1 aliphatic heterocycles. The van der Waals surface area contributed by atoms with Gasteiger partial charge in [-0.25, -0.2) is 4.90 Å². The summed E-state index contributed by atoms with van der Waals surface area (Å²) in [6, 6.07) is 6.87. The predicted molar refractivity (Wildman–Crippen MR) is 69.3 cm³/mol. The lowest BCUT2D eigenvalue weighted by Gasteiger charge is -2.14. The van der Waals surface area contributed by atoms with Crippen LogP contribution in [-0.4, -0.2) is 11.8 Å². The molecule has 4 heteroatoms. The van der Waals surface area contributed by atoms with Crippen molar-refractivity contribution >= 4 is 29.1 Å². The first-order valence-electron chi connectivity index (χ1n) is 5.97. The summed E-state index contributed by atoms with van der Waals surface area (Å²) in [7, 11) is 0. The number of anilines is 1. The van der Waals surface area contributed by atoms with Gasteiger partial charge in [0.15, 0.2) is 0 Å². The predicted octanol–water partition coefficient (Wildman–Crippen LogP) is 2.80. The molecule has 3 nitrogen and oxygen atoms in total. The van der Waals surface area contributed by atoms with Gasteiger partial charge in [0, 0.05) is 5.02 Å². The zero-order chi connectivity index (χ0) is 12.7. The molecule has 1 aromatic rings. The molecule has 2 amide bonds. The Morgan fingerprint density at radius 2 is 1.67 bits per heavy atom. The van der Waals surface area contributed by atoms with Gasteiger partial charge < -0.3 is 0 Å². The number of carbonyl (C=O) groups excluding carboxylic acids is 2. The van der Waals surface area contributed by atoms with Crippen LogP contribution in [0.25, 0.3) is 0 Å². The minimum atomic E-state index is -0.193. The number of hydrogen-bond donors (Lipinski definition) is 0. The number of fused-ring (bicyclic) bond motifs is 1. The van der Waals surface area contributed by atoms with Crippen LogP contribution in [0.2, 0.25) is 5.02 Å². The highest BCUT2D eigenvalue weighted by atomic mass is 35.5. The van der Waals surface area contributed by atoms with Gasteiger partial charge in [0.1, 0.15) is 0 Å². The van der Waals surface area contributed by atoms with Gasteiger partial charge in [0.2, 0.25) is 11.8 Å². The third-order valence-corrected chi connectivity index (χ3v) is 3.81. The highest BCUT2D eigenvalue weighted by Gasteiger charge is 2.47. The summed E-state index contributed by atoms with van der Waals surface area (Å²) >= 11 is 5.91. The van der Waals surface area contributed by atoms with Crippen LogP contribution in [-0.2, 0) is 9.59 Å². The molecule has 0 bridgehead atoms. The van der Waals surface area contributed by atoms with E-state index in [1.165, 1.54) is 4.90 Å². The van der Waals surface area contributed by atoms with Gasteiger partial charge in [-0.2, -0.15) is 0 Å². The summed E-state index contributed by atoms with van der Waals surface area (Å²) in [5, 5.41) is 0.529. The molecular weight excluding hydrogens is 250 g/mol. The van der Waals surface area contributed by atoms with Crippen molar-refractivity contribution in [3.8, 4) is 0 Å². The molecule has 2 aliphatic rings. The molecule has 0 N–H and O–H groups in total. The lowest BCUT2D eigenvalue weighted by Crippen LogP contribution is -2.30. The molecule has 1 aliphatic carbocycles. The second kappa shape index (κ2) is 4.25. The van der Waals surface area contributed by atoms with Crippen molar-refractivity contribution in [2.75, 3.05) is 4.90 Å². The van der Waals surface area contributed by atoms with Gasteiger partial charge in [-0.05, 0) is 31.0 Å². The van der Waals surface area contributed by atoms with Crippen LogP contribution in [0.15, 0.2) is 36.4 Å². The fourth-order valence-corrected chi connectivity index (χ4v) is 2.85. The molecule has 1 aromatic carbocycles. The number of halogens is 1. The molecule has 2 atom stereocenters. The zero-order valence-corrected chi connectivity index (χ0v) is 10.4. The molecule has 1 heterocycles. The minimum Gasteiger partial charge on any atom is -0.274 e. The average molecular weight is 262 g/mol. The number of carbonyl (C=O) groups is 2. The third kappa shape index (κ3) is 1.66. The summed E-state index contributed by atoms with van der Waals surface area (Å²) in [6.07, 6.45) is 5.28. The van der Waals surface area contributed by atoms with Crippen molar-refractivity contribution in [3.05, 3.63) is 41.4 Å². The van der Waals surface area contributed by atoms with Crippen LogP contribution in [0, 0.1) is 11.8 Å². The van der Waals surface area contributed by atoms with Crippen LogP contribution < -0.4 is 4.90 Å².